The molecule has 0 saturated heterocycles. The largest absolute Gasteiger partial charge is 0.285 e. The predicted octanol–water partition coefficient (Wildman–Crippen LogP) is 6.08. The molecule has 0 unspecified atom stereocenters. The lowest BCUT2D eigenvalue weighted by Gasteiger charge is -2.15. The van der Waals surface area contributed by atoms with Crippen molar-refractivity contribution in [2.75, 3.05) is 0 Å². The Morgan fingerprint density at radius 2 is 0.733 bits per heavy atom. The molecular formula is C28H16O2. The molecule has 0 aliphatic rings. The van der Waals surface area contributed by atoms with E-state index in [9.17, 15) is 9.59 Å². The Labute approximate surface area is 172 Å². The molecule has 0 saturated carbocycles. The first-order chi connectivity index (χ1) is 14.7. The van der Waals surface area contributed by atoms with Gasteiger partial charge >= 0.3 is 0 Å². The van der Waals surface area contributed by atoms with Crippen molar-refractivity contribution in [3.8, 4) is 22.3 Å². The van der Waals surface area contributed by atoms with Crippen LogP contribution >= 0.6 is 0 Å². The number of benzene rings is 6. The molecule has 2 nitrogen and oxygen atoms in total. The molecule has 140 valence electrons. The minimum atomic E-state index is -0.424. The van der Waals surface area contributed by atoms with Crippen molar-refractivity contribution in [3.63, 3.8) is 0 Å². The lowest BCUT2D eigenvalue weighted by Crippen LogP contribution is -2.24. The maximum absolute atomic E-state index is 12.9. The van der Waals surface area contributed by atoms with Gasteiger partial charge in [-0.1, -0.05) is 84.9 Å². The molecule has 6 aromatic carbocycles. The summed E-state index contributed by atoms with van der Waals surface area (Å²) in [6.45, 7) is 0. The van der Waals surface area contributed by atoms with E-state index in [-0.39, 0.29) is 0 Å². The van der Waals surface area contributed by atoms with Crippen LogP contribution in [-0.4, -0.2) is 0 Å². The van der Waals surface area contributed by atoms with E-state index >= 15 is 0 Å². The van der Waals surface area contributed by atoms with E-state index in [1.165, 1.54) is 0 Å². The fourth-order valence-electron chi connectivity index (χ4n) is 4.65. The van der Waals surface area contributed by atoms with Crippen LogP contribution in [-0.2, 0) is 0 Å². The number of hydrogen-bond donors (Lipinski definition) is 0. The van der Waals surface area contributed by atoms with E-state index in [2.05, 4.69) is 36.4 Å². The third-order valence-electron chi connectivity index (χ3n) is 6.02. The highest BCUT2D eigenvalue weighted by Gasteiger charge is 2.19. The zero-order valence-electron chi connectivity index (χ0n) is 16.1. The Hall–Kier alpha value is -4.04. The summed E-state index contributed by atoms with van der Waals surface area (Å²) in [7, 11) is 0. The highest BCUT2D eigenvalue weighted by atomic mass is 16.2. The molecule has 0 fully saturated rings. The van der Waals surface area contributed by atoms with Gasteiger partial charge in [0.15, 0.2) is 0 Å². The summed E-state index contributed by atoms with van der Waals surface area (Å²) in [6, 6.07) is 32.0. The molecule has 0 aromatic heterocycles. The molecule has 0 aliphatic heterocycles. The third kappa shape index (κ3) is 2.25. The van der Waals surface area contributed by atoms with Gasteiger partial charge in [-0.15, -0.1) is 0 Å². The molecule has 0 amide bonds. The summed E-state index contributed by atoms with van der Waals surface area (Å²) in [5.74, 6) is 0. The molecule has 6 rings (SSSR count). The van der Waals surface area contributed by atoms with Crippen molar-refractivity contribution in [1.29, 1.82) is 0 Å². The van der Waals surface area contributed by atoms with Crippen molar-refractivity contribution < 1.29 is 0 Å². The predicted molar refractivity (Wildman–Crippen MR) is 125 cm³/mol. The van der Waals surface area contributed by atoms with Crippen LogP contribution in [0.1, 0.15) is 0 Å². The second kappa shape index (κ2) is 6.23. The van der Waals surface area contributed by atoms with E-state index in [1.54, 1.807) is 0 Å². The van der Waals surface area contributed by atoms with Crippen LogP contribution in [0, 0.1) is 0 Å². The first kappa shape index (κ1) is 16.9. The highest BCUT2D eigenvalue weighted by molar-refractivity contribution is 6.27. The summed E-state index contributed by atoms with van der Waals surface area (Å²) in [6.07, 6.45) is 0. The van der Waals surface area contributed by atoms with Gasteiger partial charge in [0.1, 0.15) is 0 Å². The minimum absolute atomic E-state index is 0.424. The molecule has 0 atom stereocenters. The van der Waals surface area contributed by atoms with E-state index < -0.39 is 10.9 Å². The Kier molecular flexibility index (Phi) is 3.50. The van der Waals surface area contributed by atoms with Gasteiger partial charge in [0, 0.05) is 21.5 Å². The summed E-state index contributed by atoms with van der Waals surface area (Å²) in [5.41, 5.74) is 3.46. The van der Waals surface area contributed by atoms with Gasteiger partial charge in [0.25, 0.3) is 0 Å². The maximum Gasteiger partial charge on any atom is 0.234 e. The van der Waals surface area contributed by atoms with Crippen LogP contribution in [0.25, 0.3) is 54.6 Å². The van der Waals surface area contributed by atoms with Gasteiger partial charge in [-0.05, 0) is 45.2 Å². The van der Waals surface area contributed by atoms with E-state index in [1.807, 2.05) is 60.7 Å². The van der Waals surface area contributed by atoms with Gasteiger partial charge < -0.3 is 0 Å². The Morgan fingerprint density at radius 3 is 1.13 bits per heavy atom. The fourth-order valence-corrected chi connectivity index (χ4v) is 4.65. The zero-order valence-corrected chi connectivity index (χ0v) is 16.1. The van der Waals surface area contributed by atoms with Gasteiger partial charge in [-0.25, -0.2) is 0 Å². The minimum Gasteiger partial charge on any atom is -0.285 e. The number of hydrogen-bond acceptors (Lipinski definition) is 2. The van der Waals surface area contributed by atoms with Crippen LogP contribution in [0.3, 0.4) is 0 Å². The molecule has 0 aliphatic carbocycles. The SMILES string of the molecule is O=c1c(=O)c2ccc(-c3ccccc3)c3ccc4c(-c5ccccc5)ccc1c4c32. The Balaban J connectivity index is 1.85. The second-order valence-corrected chi connectivity index (χ2v) is 7.62. The molecular weight excluding hydrogens is 368 g/mol. The first-order valence-corrected chi connectivity index (χ1v) is 9.96. The van der Waals surface area contributed by atoms with Crippen molar-refractivity contribution in [2.24, 2.45) is 0 Å². The molecule has 0 spiro atoms. The normalized spacial score (nSPS) is 11.6. The highest BCUT2D eigenvalue weighted by Crippen LogP contribution is 2.40. The Morgan fingerprint density at radius 1 is 0.367 bits per heavy atom. The van der Waals surface area contributed by atoms with Crippen LogP contribution in [0.5, 0.6) is 0 Å². The molecule has 0 N–H and O–H groups in total. The molecule has 0 radical (unpaired) electrons. The molecule has 0 bridgehead atoms. The van der Waals surface area contributed by atoms with E-state index in [0.29, 0.717) is 10.8 Å². The summed E-state index contributed by atoms with van der Waals surface area (Å²) >= 11 is 0. The van der Waals surface area contributed by atoms with Gasteiger partial charge in [0.2, 0.25) is 10.9 Å². The molecule has 6 aromatic rings. The van der Waals surface area contributed by atoms with Gasteiger partial charge in [-0.3, -0.25) is 9.59 Å². The smallest absolute Gasteiger partial charge is 0.234 e. The topological polar surface area (TPSA) is 34.1 Å². The second-order valence-electron chi connectivity index (χ2n) is 7.62. The molecule has 30 heavy (non-hydrogen) atoms. The zero-order chi connectivity index (χ0) is 20.2. The van der Waals surface area contributed by atoms with Gasteiger partial charge in [0.05, 0.1) is 0 Å². The first-order valence-electron chi connectivity index (χ1n) is 9.96. The summed E-state index contributed by atoms with van der Waals surface area (Å²) < 4.78 is 0. The molecule has 2 heteroatoms. The average Bonchev–Trinajstić information content (AvgIpc) is 2.82. The average molecular weight is 384 g/mol. The van der Waals surface area contributed by atoms with Crippen molar-refractivity contribution >= 4 is 32.3 Å². The third-order valence-corrected chi connectivity index (χ3v) is 6.02. The van der Waals surface area contributed by atoms with E-state index in [4.69, 9.17) is 0 Å². The van der Waals surface area contributed by atoms with Crippen molar-refractivity contribution in [1.82, 2.24) is 0 Å². The maximum atomic E-state index is 12.9. The van der Waals surface area contributed by atoms with Crippen molar-refractivity contribution in [2.45, 2.75) is 0 Å². The summed E-state index contributed by atoms with van der Waals surface area (Å²) in [4.78, 5) is 25.8. The monoisotopic (exact) mass is 384 g/mol. The number of rotatable bonds is 2. The molecule has 0 heterocycles. The van der Waals surface area contributed by atoms with E-state index in [0.717, 1.165) is 43.8 Å². The van der Waals surface area contributed by atoms with Crippen LogP contribution in [0.15, 0.2) is 107 Å². The van der Waals surface area contributed by atoms with Crippen LogP contribution in [0.2, 0.25) is 0 Å². The lowest BCUT2D eigenvalue weighted by molar-refractivity contribution is 1.58. The lowest BCUT2D eigenvalue weighted by atomic mass is 9.87. The van der Waals surface area contributed by atoms with Gasteiger partial charge in [-0.2, -0.15) is 0 Å². The van der Waals surface area contributed by atoms with Crippen LogP contribution < -0.4 is 10.9 Å². The summed E-state index contributed by atoms with van der Waals surface area (Å²) in [5, 5.41) is 4.76. The van der Waals surface area contributed by atoms with Crippen molar-refractivity contribution in [3.05, 3.63) is 118 Å². The fraction of sp³-hybridized carbons (Fsp3) is 0. The van der Waals surface area contributed by atoms with Crippen LogP contribution in [0.4, 0.5) is 0 Å². The quantitative estimate of drug-likeness (QED) is 0.268. The Bertz CT molecular complexity index is 1530. The standard InChI is InChI=1S/C28H16O2/c29-27-23-15-11-19(17-7-3-1-4-8-17)21-13-14-22-20(18-9-5-2-6-10-18)12-16-24(28(27)30)26(22)25(21)23/h1-16H.